The number of hydrogen-bond acceptors (Lipinski definition) is 7. The van der Waals surface area contributed by atoms with E-state index < -0.39 is 17.5 Å². The summed E-state index contributed by atoms with van der Waals surface area (Å²) in [4.78, 5) is 21.8. The van der Waals surface area contributed by atoms with Gasteiger partial charge in [0, 0.05) is 11.6 Å². The van der Waals surface area contributed by atoms with E-state index in [1.54, 1.807) is 33.3 Å². The van der Waals surface area contributed by atoms with Gasteiger partial charge in [0.05, 0.1) is 30.1 Å². The lowest BCUT2D eigenvalue weighted by Gasteiger charge is -2.08. The number of carbonyl (C=O) groups excluding carboxylic acids is 1. The average Bonchev–Trinajstić information content (AvgIpc) is 3.30. The Morgan fingerprint density at radius 1 is 1.00 bits per heavy atom. The van der Waals surface area contributed by atoms with Crippen LogP contribution in [-0.4, -0.2) is 30.1 Å². The molecule has 6 nitrogen and oxygen atoms in total. The van der Waals surface area contributed by atoms with Gasteiger partial charge >= 0.3 is 0 Å². The topological polar surface area (TPSA) is 73.3 Å². The van der Waals surface area contributed by atoms with Crippen LogP contribution in [-0.2, 0) is 0 Å². The second-order valence-electron chi connectivity index (χ2n) is 6.21. The number of nitrogens with zero attached hydrogens (tertiary/aromatic N) is 2. The third-order valence-corrected chi connectivity index (χ3v) is 6.42. The molecule has 0 fully saturated rings. The highest BCUT2D eigenvalue weighted by Crippen LogP contribution is 2.35. The van der Waals surface area contributed by atoms with E-state index in [0.717, 1.165) is 29.0 Å². The van der Waals surface area contributed by atoms with Crippen molar-refractivity contribution in [1.29, 1.82) is 0 Å². The van der Waals surface area contributed by atoms with Crippen LogP contribution in [0.2, 0.25) is 0 Å². The molecule has 0 saturated heterocycles. The molecule has 0 radical (unpaired) electrons. The highest BCUT2D eigenvalue weighted by atomic mass is 32.1. The number of thiazole rings is 2. The molecule has 0 atom stereocenters. The number of halogens is 2. The Hall–Kier alpha value is -3.11. The van der Waals surface area contributed by atoms with Crippen molar-refractivity contribution < 1.29 is 23.0 Å². The van der Waals surface area contributed by atoms with Gasteiger partial charge in [0.15, 0.2) is 28.3 Å². The van der Waals surface area contributed by atoms with Gasteiger partial charge < -0.3 is 9.47 Å². The Labute approximate surface area is 178 Å². The highest BCUT2D eigenvalue weighted by molar-refractivity contribution is 7.22. The zero-order valence-electron chi connectivity index (χ0n) is 16.1. The monoisotopic (exact) mass is 447 g/mol. The number of amides is 1. The SMILES string of the molecule is COc1ccc(-c2nc(C)c(C(=O)Nc3nc4cc(F)c(F)cc4s3)s2)cc1OC. The number of fused-ring (bicyclic) bond motifs is 1. The number of benzene rings is 2. The molecule has 0 aliphatic carbocycles. The minimum Gasteiger partial charge on any atom is -0.493 e. The maximum atomic E-state index is 13.4. The summed E-state index contributed by atoms with van der Waals surface area (Å²) in [6.07, 6.45) is 0. The van der Waals surface area contributed by atoms with Gasteiger partial charge in [0.25, 0.3) is 5.91 Å². The lowest BCUT2D eigenvalue weighted by Crippen LogP contribution is -2.11. The standard InChI is InChI=1S/C20H15F2N3O3S2/c1-9-17(30-19(23-9)10-4-5-14(27-2)15(6-10)28-3)18(26)25-20-24-13-7-11(21)12(22)8-16(13)29-20/h4-8H,1-3H3,(H,24,25,26). The van der Waals surface area contributed by atoms with Crippen molar-refractivity contribution in [3.63, 3.8) is 0 Å². The maximum Gasteiger partial charge on any atom is 0.269 e. The molecule has 30 heavy (non-hydrogen) atoms. The number of anilines is 1. The summed E-state index contributed by atoms with van der Waals surface area (Å²) >= 11 is 2.29. The largest absolute Gasteiger partial charge is 0.493 e. The first-order valence-electron chi connectivity index (χ1n) is 8.66. The summed E-state index contributed by atoms with van der Waals surface area (Å²) in [5.74, 6) is -1.18. The van der Waals surface area contributed by atoms with Gasteiger partial charge in [-0.2, -0.15) is 0 Å². The van der Waals surface area contributed by atoms with Crippen LogP contribution >= 0.6 is 22.7 Å². The number of aryl methyl sites for hydroxylation is 1. The smallest absolute Gasteiger partial charge is 0.269 e. The fourth-order valence-electron chi connectivity index (χ4n) is 2.83. The van der Waals surface area contributed by atoms with Crippen LogP contribution in [0.5, 0.6) is 11.5 Å². The first-order chi connectivity index (χ1) is 14.4. The number of nitrogens with one attached hydrogen (secondary N) is 1. The molecule has 2 aromatic heterocycles. The van der Waals surface area contributed by atoms with Crippen LogP contribution in [0, 0.1) is 18.6 Å². The average molecular weight is 447 g/mol. The van der Waals surface area contributed by atoms with Gasteiger partial charge in [0.1, 0.15) is 9.88 Å². The molecular weight excluding hydrogens is 432 g/mol. The first kappa shape index (κ1) is 20.2. The molecule has 2 aromatic carbocycles. The fraction of sp³-hybridized carbons (Fsp3) is 0.150. The number of ether oxygens (including phenoxy) is 2. The lowest BCUT2D eigenvalue weighted by molar-refractivity contribution is 0.103. The third-order valence-electron chi connectivity index (χ3n) is 4.28. The molecule has 154 valence electrons. The minimum atomic E-state index is -0.983. The van der Waals surface area contributed by atoms with E-state index in [1.807, 2.05) is 6.07 Å². The molecule has 0 aliphatic heterocycles. The minimum absolute atomic E-state index is 0.250. The number of aromatic nitrogens is 2. The van der Waals surface area contributed by atoms with Crippen LogP contribution < -0.4 is 14.8 Å². The van der Waals surface area contributed by atoms with Gasteiger partial charge in [-0.15, -0.1) is 11.3 Å². The maximum absolute atomic E-state index is 13.4. The normalized spacial score (nSPS) is 11.0. The number of hydrogen-bond donors (Lipinski definition) is 1. The van der Waals surface area contributed by atoms with Crippen LogP contribution in [0.1, 0.15) is 15.4 Å². The molecule has 2 heterocycles. The van der Waals surface area contributed by atoms with Crippen molar-refractivity contribution >= 4 is 43.9 Å². The summed E-state index contributed by atoms with van der Waals surface area (Å²) in [7, 11) is 3.10. The van der Waals surface area contributed by atoms with Gasteiger partial charge in [0.2, 0.25) is 0 Å². The van der Waals surface area contributed by atoms with E-state index in [1.165, 1.54) is 11.3 Å². The van der Waals surface area contributed by atoms with Crippen LogP contribution in [0.3, 0.4) is 0 Å². The van der Waals surface area contributed by atoms with Gasteiger partial charge in [-0.1, -0.05) is 11.3 Å². The van der Waals surface area contributed by atoms with Crippen molar-refractivity contribution in [2.75, 3.05) is 19.5 Å². The van der Waals surface area contributed by atoms with Crippen LogP contribution in [0.4, 0.5) is 13.9 Å². The fourth-order valence-corrected chi connectivity index (χ4v) is 4.66. The van der Waals surface area contributed by atoms with Crippen LogP contribution in [0.25, 0.3) is 20.8 Å². The highest BCUT2D eigenvalue weighted by Gasteiger charge is 2.19. The molecule has 0 spiro atoms. The lowest BCUT2D eigenvalue weighted by atomic mass is 10.2. The summed E-state index contributed by atoms with van der Waals surface area (Å²) in [5.41, 5.74) is 1.62. The zero-order chi connectivity index (χ0) is 21.4. The van der Waals surface area contributed by atoms with Gasteiger partial charge in [-0.3, -0.25) is 10.1 Å². The van der Waals surface area contributed by atoms with E-state index in [0.29, 0.717) is 31.8 Å². The predicted molar refractivity (Wildman–Crippen MR) is 113 cm³/mol. The number of rotatable bonds is 5. The molecule has 1 N–H and O–H groups in total. The second-order valence-corrected chi connectivity index (χ2v) is 8.24. The third kappa shape index (κ3) is 3.71. The second kappa shape index (κ2) is 7.96. The van der Waals surface area contributed by atoms with E-state index in [9.17, 15) is 13.6 Å². The molecule has 0 aliphatic rings. The Balaban J connectivity index is 1.61. The van der Waals surface area contributed by atoms with Crippen molar-refractivity contribution in [3.05, 3.63) is 52.5 Å². The first-order valence-corrected chi connectivity index (χ1v) is 10.3. The summed E-state index contributed by atoms with van der Waals surface area (Å²) in [6.45, 7) is 1.73. The van der Waals surface area contributed by atoms with Crippen LogP contribution in [0.15, 0.2) is 30.3 Å². The van der Waals surface area contributed by atoms with Gasteiger partial charge in [-0.05, 0) is 31.2 Å². The zero-order valence-corrected chi connectivity index (χ0v) is 17.7. The van der Waals surface area contributed by atoms with E-state index >= 15 is 0 Å². The molecule has 0 saturated carbocycles. The molecule has 4 aromatic rings. The summed E-state index contributed by atoms with van der Waals surface area (Å²) in [6, 6.07) is 7.45. The van der Waals surface area contributed by atoms with E-state index in [4.69, 9.17) is 9.47 Å². The van der Waals surface area contributed by atoms with Crippen molar-refractivity contribution in [3.8, 4) is 22.1 Å². The molecular formula is C20H15F2N3O3S2. The van der Waals surface area contributed by atoms with E-state index in [2.05, 4.69) is 15.3 Å². The molecule has 1 amide bonds. The molecule has 10 heteroatoms. The van der Waals surface area contributed by atoms with E-state index in [-0.39, 0.29) is 10.6 Å². The van der Waals surface area contributed by atoms with Gasteiger partial charge in [-0.25, -0.2) is 18.7 Å². The Morgan fingerprint density at radius 2 is 1.73 bits per heavy atom. The molecule has 0 unspecified atom stereocenters. The van der Waals surface area contributed by atoms with Crippen molar-refractivity contribution in [2.45, 2.75) is 6.92 Å². The summed E-state index contributed by atoms with van der Waals surface area (Å²) in [5, 5.41) is 3.58. The molecule has 0 bridgehead atoms. The Morgan fingerprint density at radius 3 is 2.47 bits per heavy atom. The number of methoxy groups -OCH3 is 2. The summed E-state index contributed by atoms with van der Waals surface area (Å²) < 4.78 is 37.8. The van der Waals surface area contributed by atoms with Crippen molar-refractivity contribution in [2.24, 2.45) is 0 Å². The predicted octanol–water partition coefficient (Wildman–Crippen LogP) is 5.28. The number of carbonyl (C=O) groups is 1. The molecule has 4 rings (SSSR count). The van der Waals surface area contributed by atoms with Crippen molar-refractivity contribution in [1.82, 2.24) is 9.97 Å². The quantitative estimate of drug-likeness (QED) is 0.451. The Bertz CT molecular complexity index is 1230. The Kier molecular flexibility index (Phi) is 5.35.